The molecule has 1 saturated carbocycles. The molecule has 0 bridgehead atoms. The molecule has 0 atom stereocenters. The van der Waals surface area contributed by atoms with Crippen LogP contribution in [0.25, 0.3) is 0 Å². The van der Waals surface area contributed by atoms with Gasteiger partial charge in [0.1, 0.15) is 5.54 Å². The summed E-state index contributed by atoms with van der Waals surface area (Å²) in [6, 6.07) is 20.5. The second-order valence-electron chi connectivity index (χ2n) is 9.16. The van der Waals surface area contributed by atoms with E-state index in [-0.39, 0.29) is 11.9 Å². The number of nitrogens with one attached hydrogen (secondary N) is 1. The summed E-state index contributed by atoms with van der Waals surface area (Å²) < 4.78 is 0. The Morgan fingerprint density at radius 1 is 0.903 bits per heavy atom. The van der Waals surface area contributed by atoms with Crippen LogP contribution in [-0.4, -0.2) is 47.0 Å². The summed E-state index contributed by atoms with van der Waals surface area (Å²) in [5.74, 6) is 0.589. The summed E-state index contributed by atoms with van der Waals surface area (Å²) >= 11 is 0. The van der Waals surface area contributed by atoms with Gasteiger partial charge < -0.3 is 5.32 Å². The first-order valence-corrected chi connectivity index (χ1v) is 11.5. The standard InChI is InChI=1S/C26H33N3O2/c1-21-12-16-26(17-13-21)24(30)29(25(31)27-26)20-28(18-14-22-8-4-2-5-9-22)19-15-23-10-6-3-7-11-23/h2-11,21H,12-20H2,1H3,(H,27,31). The minimum Gasteiger partial charge on any atom is -0.323 e. The van der Waals surface area contributed by atoms with Gasteiger partial charge in [0.2, 0.25) is 0 Å². The summed E-state index contributed by atoms with van der Waals surface area (Å²) in [6.45, 7) is 4.18. The van der Waals surface area contributed by atoms with Gasteiger partial charge in [-0.25, -0.2) is 9.69 Å². The first-order valence-electron chi connectivity index (χ1n) is 11.5. The highest BCUT2D eigenvalue weighted by Gasteiger charge is 2.52. The van der Waals surface area contributed by atoms with Crippen molar-refractivity contribution in [1.82, 2.24) is 15.1 Å². The third-order valence-electron chi connectivity index (χ3n) is 6.83. The van der Waals surface area contributed by atoms with Crippen LogP contribution in [0.1, 0.15) is 43.7 Å². The summed E-state index contributed by atoms with van der Waals surface area (Å²) in [4.78, 5) is 29.8. The number of hydrogen-bond acceptors (Lipinski definition) is 3. The Morgan fingerprint density at radius 2 is 1.42 bits per heavy atom. The molecule has 2 aromatic rings. The van der Waals surface area contributed by atoms with E-state index in [0.29, 0.717) is 12.6 Å². The molecule has 1 N–H and O–H groups in total. The molecule has 0 aromatic heterocycles. The minimum absolute atomic E-state index is 0.0335. The molecule has 4 rings (SSSR count). The van der Waals surface area contributed by atoms with Crippen LogP contribution in [0.4, 0.5) is 4.79 Å². The highest BCUT2D eigenvalue weighted by molar-refractivity contribution is 6.07. The minimum atomic E-state index is -0.672. The lowest BCUT2D eigenvalue weighted by Gasteiger charge is -2.34. The SMILES string of the molecule is CC1CCC2(CC1)NC(=O)N(CN(CCc1ccccc1)CCc1ccccc1)C2=O. The van der Waals surface area contributed by atoms with Gasteiger partial charge >= 0.3 is 6.03 Å². The molecule has 5 heteroatoms. The summed E-state index contributed by atoms with van der Waals surface area (Å²) in [6.07, 6.45) is 5.27. The molecule has 2 fully saturated rings. The summed E-state index contributed by atoms with van der Waals surface area (Å²) in [5.41, 5.74) is 1.86. The van der Waals surface area contributed by atoms with Crippen LogP contribution in [0.2, 0.25) is 0 Å². The van der Waals surface area contributed by atoms with Crippen LogP contribution in [0.3, 0.4) is 0 Å². The maximum atomic E-state index is 13.3. The molecule has 0 radical (unpaired) electrons. The second-order valence-corrected chi connectivity index (χ2v) is 9.16. The fourth-order valence-corrected chi connectivity index (χ4v) is 4.72. The van der Waals surface area contributed by atoms with Gasteiger partial charge in [-0.1, -0.05) is 67.6 Å². The van der Waals surface area contributed by atoms with Gasteiger partial charge in [0.25, 0.3) is 5.91 Å². The Bertz CT molecular complexity index is 833. The van der Waals surface area contributed by atoms with Crippen LogP contribution in [0, 0.1) is 5.92 Å². The molecule has 5 nitrogen and oxygen atoms in total. The van der Waals surface area contributed by atoms with E-state index in [0.717, 1.165) is 51.6 Å². The molecule has 0 unspecified atom stereocenters. The number of amides is 3. The monoisotopic (exact) mass is 419 g/mol. The number of urea groups is 1. The molecule has 1 spiro atoms. The third-order valence-corrected chi connectivity index (χ3v) is 6.83. The molecule has 2 aliphatic rings. The molecule has 2 aromatic carbocycles. The average Bonchev–Trinajstić information content (AvgIpc) is 3.03. The topological polar surface area (TPSA) is 52.7 Å². The Balaban J connectivity index is 1.43. The first kappa shape index (κ1) is 21.6. The van der Waals surface area contributed by atoms with Crippen molar-refractivity contribution in [1.29, 1.82) is 0 Å². The number of nitrogens with zero attached hydrogens (tertiary/aromatic N) is 2. The van der Waals surface area contributed by atoms with Crippen molar-refractivity contribution in [2.45, 2.75) is 51.0 Å². The van der Waals surface area contributed by atoms with E-state index in [4.69, 9.17) is 0 Å². The number of benzene rings is 2. The maximum Gasteiger partial charge on any atom is 0.326 e. The zero-order chi connectivity index (χ0) is 21.7. The van der Waals surface area contributed by atoms with Gasteiger partial charge in [0, 0.05) is 13.1 Å². The van der Waals surface area contributed by atoms with E-state index >= 15 is 0 Å². The van der Waals surface area contributed by atoms with Crippen LogP contribution in [0.5, 0.6) is 0 Å². The highest BCUT2D eigenvalue weighted by atomic mass is 16.2. The molecule has 1 saturated heterocycles. The van der Waals surface area contributed by atoms with Crippen molar-refractivity contribution in [3.8, 4) is 0 Å². The highest BCUT2D eigenvalue weighted by Crippen LogP contribution is 2.36. The average molecular weight is 420 g/mol. The molecular formula is C26H33N3O2. The molecular weight excluding hydrogens is 386 g/mol. The van der Waals surface area contributed by atoms with Crippen molar-refractivity contribution < 1.29 is 9.59 Å². The fraction of sp³-hybridized carbons (Fsp3) is 0.462. The van der Waals surface area contributed by atoms with Crippen LogP contribution < -0.4 is 5.32 Å². The largest absolute Gasteiger partial charge is 0.326 e. The number of carbonyl (C=O) groups excluding carboxylic acids is 2. The Kier molecular flexibility index (Phi) is 6.71. The lowest BCUT2D eigenvalue weighted by atomic mass is 9.77. The maximum absolute atomic E-state index is 13.3. The van der Waals surface area contributed by atoms with Crippen molar-refractivity contribution in [2.75, 3.05) is 19.8 Å². The number of rotatable bonds is 8. The number of imide groups is 1. The van der Waals surface area contributed by atoms with E-state index in [1.807, 2.05) is 12.1 Å². The molecule has 1 aliphatic heterocycles. The number of hydrogen-bond donors (Lipinski definition) is 1. The summed E-state index contributed by atoms with van der Waals surface area (Å²) in [5, 5.41) is 3.05. The Hall–Kier alpha value is -2.66. The lowest BCUT2D eigenvalue weighted by Crippen LogP contribution is -2.50. The second kappa shape index (κ2) is 9.65. The van der Waals surface area contributed by atoms with Crippen molar-refractivity contribution in [3.05, 3.63) is 71.8 Å². The van der Waals surface area contributed by atoms with Gasteiger partial charge in [0.05, 0.1) is 6.67 Å². The predicted molar refractivity (Wildman–Crippen MR) is 122 cm³/mol. The van der Waals surface area contributed by atoms with Crippen LogP contribution in [0.15, 0.2) is 60.7 Å². The van der Waals surface area contributed by atoms with Crippen molar-refractivity contribution in [2.24, 2.45) is 5.92 Å². The van der Waals surface area contributed by atoms with Crippen molar-refractivity contribution >= 4 is 11.9 Å². The fourth-order valence-electron chi connectivity index (χ4n) is 4.72. The van der Waals surface area contributed by atoms with Gasteiger partial charge in [-0.2, -0.15) is 0 Å². The molecule has 1 heterocycles. The zero-order valence-electron chi connectivity index (χ0n) is 18.4. The van der Waals surface area contributed by atoms with E-state index < -0.39 is 5.54 Å². The predicted octanol–water partition coefficient (Wildman–Crippen LogP) is 4.23. The molecule has 3 amide bonds. The van der Waals surface area contributed by atoms with Crippen LogP contribution in [-0.2, 0) is 17.6 Å². The first-order chi connectivity index (χ1) is 15.1. The van der Waals surface area contributed by atoms with Gasteiger partial charge in [-0.3, -0.25) is 9.69 Å². The van der Waals surface area contributed by atoms with Gasteiger partial charge in [-0.05, 0) is 55.6 Å². The van der Waals surface area contributed by atoms with Gasteiger partial charge in [0.15, 0.2) is 0 Å². The normalized spacial score (nSPS) is 23.5. The number of carbonyl (C=O) groups is 2. The quantitative estimate of drug-likeness (QED) is 0.652. The van der Waals surface area contributed by atoms with E-state index in [1.165, 1.54) is 16.0 Å². The smallest absolute Gasteiger partial charge is 0.323 e. The molecule has 31 heavy (non-hydrogen) atoms. The summed E-state index contributed by atoms with van der Waals surface area (Å²) in [7, 11) is 0. The Labute approximate surface area is 185 Å². The Morgan fingerprint density at radius 3 is 1.94 bits per heavy atom. The van der Waals surface area contributed by atoms with Crippen molar-refractivity contribution in [3.63, 3.8) is 0 Å². The zero-order valence-corrected chi connectivity index (χ0v) is 18.4. The van der Waals surface area contributed by atoms with Crippen LogP contribution >= 0.6 is 0 Å². The lowest BCUT2D eigenvalue weighted by molar-refractivity contribution is -0.134. The van der Waals surface area contributed by atoms with E-state index in [2.05, 4.69) is 65.7 Å². The molecule has 164 valence electrons. The van der Waals surface area contributed by atoms with Gasteiger partial charge in [-0.15, -0.1) is 0 Å². The van der Waals surface area contributed by atoms with E-state index in [9.17, 15) is 9.59 Å². The third kappa shape index (κ3) is 5.16. The molecule has 1 aliphatic carbocycles. The van der Waals surface area contributed by atoms with E-state index in [1.54, 1.807) is 0 Å².